The number of anilines is 1. The minimum atomic E-state index is -0.498. The lowest BCUT2D eigenvalue weighted by molar-refractivity contribution is -0.117. The summed E-state index contributed by atoms with van der Waals surface area (Å²) in [5.41, 5.74) is 3.66. The van der Waals surface area contributed by atoms with E-state index in [9.17, 15) is 9.59 Å². The van der Waals surface area contributed by atoms with Crippen LogP contribution in [0.2, 0.25) is 5.02 Å². The van der Waals surface area contributed by atoms with Gasteiger partial charge in [-0.2, -0.15) is 0 Å². The monoisotopic (exact) mass is 464 g/mol. The van der Waals surface area contributed by atoms with Gasteiger partial charge in [0.25, 0.3) is 11.8 Å². The fourth-order valence-electron chi connectivity index (χ4n) is 2.69. The summed E-state index contributed by atoms with van der Waals surface area (Å²) in [6.07, 6.45) is 1.39. The molecular formula is C20H18BrClN2O4. The number of hydrogen-bond donors (Lipinski definition) is 1. The van der Waals surface area contributed by atoms with Gasteiger partial charge < -0.3 is 9.47 Å². The molecule has 1 N–H and O–H groups in total. The molecule has 0 atom stereocenters. The second kappa shape index (κ2) is 8.24. The number of hydrazine groups is 1. The number of halogens is 2. The van der Waals surface area contributed by atoms with Gasteiger partial charge in [0.15, 0.2) is 11.5 Å². The Morgan fingerprint density at radius 2 is 1.96 bits per heavy atom. The maximum Gasteiger partial charge on any atom is 0.282 e. The van der Waals surface area contributed by atoms with Gasteiger partial charge in [-0.3, -0.25) is 15.0 Å². The highest BCUT2D eigenvalue weighted by Gasteiger charge is 2.34. The van der Waals surface area contributed by atoms with Crippen LogP contribution >= 0.6 is 27.5 Å². The number of benzene rings is 2. The number of ether oxygens (including phenoxy) is 2. The number of carbonyl (C=O) groups excluding carboxylic acids is 2. The number of nitrogens with one attached hydrogen (secondary N) is 1. The molecule has 1 aliphatic heterocycles. The van der Waals surface area contributed by atoms with E-state index in [-0.39, 0.29) is 11.7 Å². The van der Waals surface area contributed by atoms with Crippen molar-refractivity contribution in [3.8, 4) is 11.5 Å². The molecule has 0 aromatic heterocycles. The third-order valence-corrected chi connectivity index (χ3v) is 4.65. The van der Waals surface area contributed by atoms with Gasteiger partial charge in [0.2, 0.25) is 0 Å². The van der Waals surface area contributed by atoms with Crippen LogP contribution in [0, 0.1) is 0 Å². The van der Waals surface area contributed by atoms with Gasteiger partial charge in [-0.05, 0) is 55.8 Å². The molecule has 1 heterocycles. The number of nitrogens with zero attached hydrogens (tertiary/aromatic N) is 1. The first kappa shape index (κ1) is 20.2. The molecule has 146 valence electrons. The van der Waals surface area contributed by atoms with Crippen molar-refractivity contribution in [1.82, 2.24) is 5.43 Å². The lowest BCUT2D eigenvalue weighted by atomic mass is 10.1. The molecular weight excluding hydrogens is 448 g/mol. The van der Waals surface area contributed by atoms with Crippen LogP contribution in [0.5, 0.6) is 11.5 Å². The Kier molecular flexibility index (Phi) is 5.96. The highest BCUT2D eigenvalue weighted by molar-refractivity contribution is 9.10. The highest BCUT2D eigenvalue weighted by Crippen LogP contribution is 2.38. The van der Waals surface area contributed by atoms with Gasteiger partial charge in [0, 0.05) is 4.47 Å². The first-order chi connectivity index (χ1) is 13.3. The number of amides is 2. The predicted molar refractivity (Wildman–Crippen MR) is 112 cm³/mol. The molecule has 0 radical (unpaired) electrons. The quantitative estimate of drug-likeness (QED) is 0.526. The van der Waals surface area contributed by atoms with Gasteiger partial charge >= 0.3 is 0 Å². The minimum Gasteiger partial charge on any atom is -0.493 e. The summed E-state index contributed by atoms with van der Waals surface area (Å²) in [7, 11) is 1.50. The first-order valence-electron chi connectivity index (χ1n) is 8.47. The van der Waals surface area contributed by atoms with E-state index in [0.717, 1.165) is 4.47 Å². The Labute approximate surface area is 176 Å². The van der Waals surface area contributed by atoms with Crippen molar-refractivity contribution >= 4 is 51.1 Å². The molecule has 0 aliphatic carbocycles. The van der Waals surface area contributed by atoms with Crippen molar-refractivity contribution < 1.29 is 19.1 Å². The molecule has 1 aliphatic rings. The Balaban J connectivity index is 1.96. The third kappa shape index (κ3) is 4.15. The Morgan fingerprint density at radius 3 is 2.61 bits per heavy atom. The third-order valence-electron chi connectivity index (χ3n) is 3.87. The summed E-state index contributed by atoms with van der Waals surface area (Å²) >= 11 is 9.68. The number of carbonyl (C=O) groups is 2. The fourth-order valence-corrected chi connectivity index (χ4v) is 3.35. The van der Waals surface area contributed by atoms with Gasteiger partial charge in [-0.15, -0.1) is 0 Å². The normalized spacial score (nSPS) is 15.4. The summed E-state index contributed by atoms with van der Waals surface area (Å²) in [5.74, 6) is -0.120. The predicted octanol–water partition coefficient (Wildman–Crippen LogP) is 4.36. The standard InChI is InChI=1S/C20H18BrClN2O4/c1-11(2)28-18-16(22)8-12(9-17(18)27-3)7-15-19(25)23-24(20(15)26)14-6-4-5-13(21)10-14/h4-11H,1-3H3,(H,23,25)/b15-7+. The van der Waals surface area contributed by atoms with E-state index in [1.807, 2.05) is 19.9 Å². The van der Waals surface area contributed by atoms with Crippen LogP contribution in [-0.4, -0.2) is 25.0 Å². The maximum atomic E-state index is 12.8. The molecule has 0 spiro atoms. The summed E-state index contributed by atoms with van der Waals surface area (Å²) in [6, 6.07) is 10.4. The molecule has 6 nitrogen and oxygen atoms in total. The molecule has 28 heavy (non-hydrogen) atoms. The molecule has 2 amide bonds. The summed E-state index contributed by atoms with van der Waals surface area (Å²) in [4.78, 5) is 25.1. The van der Waals surface area contributed by atoms with E-state index in [2.05, 4.69) is 21.4 Å². The number of hydrogen-bond acceptors (Lipinski definition) is 4. The molecule has 2 aromatic carbocycles. The fraction of sp³-hybridized carbons (Fsp3) is 0.200. The van der Waals surface area contributed by atoms with E-state index in [4.69, 9.17) is 21.1 Å². The van der Waals surface area contributed by atoms with Crippen LogP contribution in [-0.2, 0) is 9.59 Å². The zero-order valence-electron chi connectivity index (χ0n) is 15.5. The molecule has 3 rings (SSSR count). The van der Waals surface area contributed by atoms with E-state index >= 15 is 0 Å². The van der Waals surface area contributed by atoms with Crippen molar-refractivity contribution in [2.75, 3.05) is 12.1 Å². The van der Waals surface area contributed by atoms with E-state index in [0.29, 0.717) is 27.8 Å². The second-order valence-corrected chi connectivity index (χ2v) is 7.64. The molecule has 0 saturated carbocycles. The average Bonchev–Trinajstić information content (AvgIpc) is 2.91. The van der Waals surface area contributed by atoms with Crippen molar-refractivity contribution in [2.45, 2.75) is 20.0 Å². The molecule has 2 aromatic rings. The van der Waals surface area contributed by atoms with Crippen molar-refractivity contribution in [1.29, 1.82) is 0 Å². The summed E-state index contributed by atoms with van der Waals surface area (Å²) in [5, 5.41) is 1.53. The van der Waals surface area contributed by atoms with Crippen molar-refractivity contribution in [3.63, 3.8) is 0 Å². The lowest BCUT2D eigenvalue weighted by Gasteiger charge is -2.16. The lowest BCUT2D eigenvalue weighted by Crippen LogP contribution is -2.35. The Bertz CT molecular complexity index is 975. The Hall–Kier alpha value is -2.51. The van der Waals surface area contributed by atoms with E-state index in [1.165, 1.54) is 18.2 Å². The largest absolute Gasteiger partial charge is 0.493 e. The van der Waals surface area contributed by atoms with Gasteiger partial charge in [0.05, 0.1) is 23.9 Å². The smallest absolute Gasteiger partial charge is 0.282 e. The van der Waals surface area contributed by atoms with Crippen molar-refractivity contribution in [3.05, 3.63) is 57.0 Å². The van der Waals surface area contributed by atoms with Gasteiger partial charge in [0.1, 0.15) is 5.57 Å². The summed E-state index contributed by atoms with van der Waals surface area (Å²) in [6.45, 7) is 3.76. The van der Waals surface area contributed by atoms with Crippen molar-refractivity contribution in [2.24, 2.45) is 0 Å². The van der Waals surface area contributed by atoms with Crippen LogP contribution in [0.3, 0.4) is 0 Å². The molecule has 8 heteroatoms. The zero-order valence-corrected chi connectivity index (χ0v) is 17.8. The number of rotatable bonds is 5. The molecule has 0 bridgehead atoms. The highest BCUT2D eigenvalue weighted by atomic mass is 79.9. The minimum absolute atomic E-state index is 0.00405. The summed E-state index contributed by atoms with van der Waals surface area (Å²) < 4.78 is 11.8. The van der Waals surface area contributed by atoms with Crippen LogP contribution in [0.1, 0.15) is 19.4 Å². The van der Waals surface area contributed by atoms with Crippen LogP contribution in [0.15, 0.2) is 46.4 Å². The molecule has 1 fully saturated rings. The van der Waals surface area contributed by atoms with E-state index in [1.54, 1.807) is 30.3 Å². The first-order valence-corrected chi connectivity index (χ1v) is 9.64. The maximum absolute atomic E-state index is 12.8. The molecule has 1 saturated heterocycles. The van der Waals surface area contributed by atoms with E-state index < -0.39 is 11.8 Å². The van der Waals surface area contributed by atoms with Gasteiger partial charge in [-0.1, -0.05) is 33.6 Å². The van der Waals surface area contributed by atoms with Crippen LogP contribution in [0.4, 0.5) is 5.69 Å². The average molecular weight is 466 g/mol. The second-order valence-electron chi connectivity index (χ2n) is 6.32. The SMILES string of the molecule is COc1cc(/C=C2\C(=O)NN(c3cccc(Br)c3)C2=O)cc(Cl)c1OC(C)C. The Morgan fingerprint density at radius 1 is 1.21 bits per heavy atom. The molecule has 0 unspecified atom stereocenters. The topological polar surface area (TPSA) is 67.9 Å². The van der Waals surface area contributed by atoms with Crippen LogP contribution in [0.25, 0.3) is 6.08 Å². The van der Waals surface area contributed by atoms with Crippen LogP contribution < -0.4 is 19.9 Å². The zero-order chi connectivity index (χ0) is 20.4. The number of methoxy groups -OCH3 is 1. The van der Waals surface area contributed by atoms with Gasteiger partial charge in [-0.25, -0.2) is 5.01 Å².